The number of hydrogen-bond donors (Lipinski definition) is 0. The van der Waals surface area contributed by atoms with E-state index >= 15 is 0 Å². The molecule has 0 spiro atoms. The van der Waals surface area contributed by atoms with Crippen LogP contribution in [0.4, 0.5) is 0 Å². The Morgan fingerprint density at radius 2 is 1.18 bits per heavy atom. The van der Waals surface area contributed by atoms with E-state index in [0.717, 1.165) is 11.7 Å². The van der Waals surface area contributed by atoms with Crippen LogP contribution in [0.5, 0.6) is 5.75 Å². The fourth-order valence-electron chi connectivity index (χ4n) is 4.27. The SMILES string of the molecule is COCCOc1cc(CP(Br)(c2ccccc2)(c2ccccc2)c2ccccc2)ccc1Cl. The second-order valence-corrected chi connectivity index (χ2v) is 17.3. The van der Waals surface area contributed by atoms with E-state index in [1.807, 2.05) is 6.07 Å². The van der Waals surface area contributed by atoms with Gasteiger partial charge in [0.2, 0.25) is 0 Å². The summed E-state index contributed by atoms with van der Waals surface area (Å²) in [6, 6.07) is 38.4. The number of hydrogen-bond acceptors (Lipinski definition) is 2. The quantitative estimate of drug-likeness (QED) is 0.173. The first-order chi connectivity index (χ1) is 16.1. The van der Waals surface area contributed by atoms with Crippen molar-refractivity contribution in [3.63, 3.8) is 0 Å². The van der Waals surface area contributed by atoms with Crippen LogP contribution in [0.15, 0.2) is 109 Å². The van der Waals surface area contributed by atoms with Crippen molar-refractivity contribution < 1.29 is 9.47 Å². The second kappa shape index (κ2) is 10.4. The summed E-state index contributed by atoms with van der Waals surface area (Å²) in [4.78, 5) is 0. The van der Waals surface area contributed by atoms with Crippen LogP contribution in [-0.4, -0.2) is 20.3 Å². The van der Waals surface area contributed by atoms with Crippen molar-refractivity contribution in [1.82, 2.24) is 0 Å². The molecular weight excluding hydrogens is 515 g/mol. The normalized spacial score (nSPS) is 12.6. The van der Waals surface area contributed by atoms with Gasteiger partial charge in [0.1, 0.15) is 0 Å². The topological polar surface area (TPSA) is 18.5 Å². The van der Waals surface area contributed by atoms with E-state index in [-0.39, 0.29) is 0 Å². The molecule has 0 aromatic heterocycles. The summed E-state index contributed by atoms with van der Waals surface area (Å²) in [6.45, 7) is 0.962. The van der Waals surface area contributed by atoms with Gasteiger partial charge in [-0.25, -0.2) is 0 Å². The average Bonchev–Trinajstić information content (AvgIpc) is 2.88. The molecule has 0 heterocycles. The molecule has 0 unspecified atom stereocenters. The Hall–Kier alpha value is -2.16. The van der Waals surface area contributed by atoms with E-state index in [2.05, 4.69) is 119 Å². The Morgan fingerprint density at radius 3 is 1.64 bits per heavy atom. The Morgan fingerprint density at radius 1 is 0.697 bits per heavy atom. The van der Waals surface area contributed by atoms with Crippen LogP contribution < -0.4 is 20.7 Å². The predicted octanol–water partition coefficient (Wildman–Crippen LogP) is 6.70. The molecule has 4 rings (SSSR count). The molecule has 0 atom stereocenters. The third-order valence-corrected chi connectivity index (χ3v) is 15.7. The van der Waals surface area contributed by atoms with Crippen LogP contribution >= 0.6 is 32.4 Å². The van der Waals surface area contributed by atoms with Gasteiger partial charge in [0.25, 0.3) is 0 Å². The molecule has 4 aromatic carbocycles. The van der Waals surface area contributed by atoms with Gasteiger partial charge in [0.05, 0.1) is 0 Å². The van der Waals surface area contributed by atoms with E-state index < -0.39 is 5.31 Å². The van der Waals surface area contributed by atoms with E-state index in [9.17, 15) is 0 Å². The fraction of sp³-hybridized carbons (Fsp3) is 0.143. The molecule has 2 nitrogen and oxygen atoms in total. The summed E-state index contributed by atoms with van der Waals surface area (Å²) in [5.41, 5.74) is 1.15. The molecule has 0 N–H and O–H groups in total. The Bertz CT molecular complexity index is 1090. The Kier molecular flexibility index (Phi) is 7.56. The minimum absolute atomic E-state index is 0.452. The first kappa shape index (κ1) is 24.0. The predicted molar refractivity (Wildman–Crippen MR) is 147 cm³/mol. The van der Waals surface area contributed by atoms with Gasteiger partial charge in [-0.1, -0.05) is 0 Å². The third kappa shape index (κ3) is 4.74. The summed E-state index contributed by atoms with van der Waals surface area (Å²) < 4.78 is 11.1. The molecule has 0 aliphatic carbocycles. The summed E-state index contributed by atoms with van der Waals surface area (Å²) >= 11 is 11.0. The summed E-state index contributed by atoms with van der Waals surface area (Å²) in [6.07, 6.45) is 0.779. The van der Waals surface area contributed by atoms with Crippen LogP contribution in [0.2, 0.25) is 5.02 Å². The van der Waals surface area contributed by atoms with Gasteiger partial charge < -0.3 is 0 Å². The number of methoxy groups -OCH3 is 1. The van der Waals surface area contributed by atoms with Crippen molar-refractivity contribution in [2.24, 2.45) is 0 Å². The number of benzene rings is 4. The zero-order valence-corrected chi connectivity index (χ0v) is 21.8. The molecule has 33 heavy (non-hydrogen) atoms. The van der Waals surface area contributed by atoms with E-state index in [0.29, 0.717) is 24.0 Å². The van der Waals surface area contributed by atoms with Crippen LogP contribution in [-0.2, 0) is 10.9 Å². The van der Waals surface area contributed by atoms with Crippen molar-refractivity contribution in [3.8, 4) is 5.75 Å². The monoisotopic (exact) mass is 540 g/mol. The molecule has 4 aromatic rings. The van der Waals surface area contributed by atoms with E-state index in [1.165, 1.54) is 15.9 Å². The van der Waals surface area contributed by atoms with E-state index in [1.54, 1.807) is 7.11 Å². The number of rotatable bonds is 9. The molecule has 170 valence electrons. The molecule has 0 saturated heterocycles. The Balaban J connectivity index is 1.94. The minimum atomic E-state index is -3.07. The molecule has 0 amide bonds. The summed E-state index contributed by atoms with van der Waals surface area (Å²) in [5, 5.41) is 1.35. The van der Waals surface area contributed by atoms with Crippen LogP contribution in [0.3, 0.4) is 0 Å². The average molecular weight is 542 g/mol. The van der Waals surface area contributed by atoms with Gasteiger partial charge in [0.15, 0.2) is 0 Å². The third-order valence-electron chi connectivity index (χ3n) is 5.90. The Labute approximate surface area is 209 Å². The van der Waals surface area contributed by atoms with Crippen molar-refractivity contribution in [2.45, 2.75) is 6.16 Å². The molecule has 0 aliphatic heterocycles. The summed E-state index contributed by atoms with van der Waals surface area (Å²) in [7, 11) is 1.66. The van der Waals surface area contributed by atoms with Crippen molar-refractivity contribution in [2.75, 3.05) is 20.3 Å². The van der Waals surface area contributed by atoms with Crippen molar-refractivity contribution in [1.29, 1.82) is 0 Å². The first-order valence-electron chi connectivity index (χ1n) is 10.9. The van der Waals surface area contributed by atoms with Crippen molar-refractivity contribution >= 4 is 48.3 Å². The standard InChI is InChI=1S/C28H27BrClO2P/c1-31-19-20-32-28-21-23(17-18-27(28)30)22-33(29,24-11-5-2-6-12-24,25-13-7-3-8-14-25)26-15-9-4-10-16-26/h2-18,21H,19-20,22H2,1H3. The molecule has 0 bridgehead atoms. The fourth-order valence-corrected chi connectivity index (χ4v) is 12.1. The van der Waals surface area contributed by atoms with Gasteiger partial charge in [-0.05, 0) is 0 Å². The van der Waals surface area contributed by atoms with Crippen molar-refractivity contribution in [3.05, 3.63) is 120 Å². The number of ether oxygens (including phenoxy) is 2. The van der Waals surface area contributed by atoms with Crippen LogP contribution in [0.25, 0.3) is 0 Å². The molecule has 0 radical (unpaired) electrons. The molecule has 0 aliphatic rings. The van der Waals surface area contributed by atoms with Gasteiger partial charge in [-0.2, -0.15) is 0 Å². The molecule has 5 heteroatoms. The maximum absolute atomic E-state index is 6.47. The zero-order valence-electron chi connectivity index (χ0n) is 18.5. The maximum atomic E-state index is 6.47. The van der Waals surface area contributed by atoms with Gasteiger partial charge in [-0.3, -0.25) is 0 Å². The van der Waals surface area contributed by atoms with Crippen LogP contribution in [0.1, 0.15) is 5.56 Å². The zero-order chi connectivity index (χ0) is 23.2. The number of halogens is 2. The van der Waals surface area contributed by atoms with Gasteiger partial charge in [-0.15, -0.1) is 0 Å². The second-order valence-electron chi connectivity index (χ2n) is 7.95. The van der Waals surface area contributed by atoms with Crippen LogP contribution in [0, 0.1) is 0 Å². The van der Waals surface area contributed by atoms with Gasteiger partial charge >= 0.3 is 210 Å². The molecule has 0 fully saturated rings. The molecule has 0 saturated carbocycles. The van der Waals surface area contributed by atoms with Gasteiger partial charge in [0, 0.05) is 0 Å². The molecular formula is C28H27BrClO2P. The first-order valence-corrected chi connectivity index (χ1v) is 15.7. The van der Waals surface area contributed by atoms with E-state index in [4.69, 9.17) is 21.1 Å². The summed E-state index contributed by atoms with van der Waals surface area (Å²) in [5.74, 6) is 0.679.